The first kappa shape index (κ1) is 22.3. The number of para-hydroxylation sites is 1. The van der Waals surface area contributed by atoms with Crippen molar-refractivity contribution < 1.29 is 9.59 Å². The zero-order valence-electron chi connectivity index (χ0n) is 17.7. The van der Waals surface area contributed by atoms with Crippen LogP contribution in [0.5, 0.6) is 0 Å². The van der Waals surface area contributed by atoms with Crippen LogP contribution in [-0.4, -0.2) is 37.5 Å². The fraction of sp³-hybridized carbons (Fsp3) is 0.417. The van der Waals surface area contributed by atoms with E-state index in [2.05, 4.69) is 45.3 Å². The van der Waals surface area contributed by atoms with E-state index >= 15 is 0 Å². The molecule has 2 aromatic rings. The van der Waals surface area contributed by atoms with Crippen molar-refractivity contribution >= 4 is 33.4 Å². The van der Waals surface area contributed by atoms with E-state index in [1.807, 2.05) is 48.5 Å². The average Bonchev–Trinajstić information content (AvgIpc) is 2.74. The summed E-state index contributed by atoms with van der Waals surface area (Å²) in [6.07, 6.45) is 2.67. The van der Waals surface area contributed by atoms with Gasteiger partial charge in [-0.3, -0.25) is 9.59 Å². The van der Waals surface area contributed by atoms with E-state index in [4.69, 9.17) is 0 Å². The summed E-state index contributed by atoms with van der Waals surface area (Å²) in [5, 5.41) is 6.19. The third-order valence-electron chi connectivity index (χ3n) is 5.41. The molecule has 0 aliphatic carbocycles. The van der Waals surface area contributed by atoms with Gasteiger partial charge in [-0.05, 0) is 55.5 Å². The summed E-state index contributed by atoms with van der Waals surface area (Å²) >= 11 is 3.41. The van der Waals surface area contributed by atoms with Gasteiger partial charge in [0.2, 0.25) is 0 Å². The lowest BCUT2D eigenvalue weighted by atomic mass is 10.0. The zero-order valence-corrected chi connectivity index (χ0v) is 19.2. The molecule has 2 aromatic carbocycles. The molecule has 3 rings (SSSR count). The van der Waals surface area contributed by atoms with Gasteiger partial charge in [-0.25, -0.2) is 0 Å². The zero-order chi connectivity index (χ0) is 21.5. The Morgan fingerprint density at radius 1 is 1.07 bits per heavy atom. The van der Waals surface area contributed by atoms with E-state index in [0.29, 0.717) is 18.0 Å². The SMILES string of the molecule is CC(C)CCNC(=O)c1ccccc1N1CCC(NC(=O)c2cccc(Br)c2)CC1. The lowest BCUT2D eigenvalue weighted by Gasteiger charge is -2.35. The number of carbonyl (C=O) groups is 2. The van der Waals surface area contributed by atoms with Crippen molar-refractivity contribution in [3.05, 3.63) is 64.1 Å². The van der Waals surface area contributed by atoms with Crippen LogP contribution in [0.25, 0.3) is 0 Å². The molecule has 0 saturated carbocycles. The van der Waals surface area contributed by atoms with Crippen molar-refractivity contribution in [1.29, 1.82) is 0 Å². The van der Waals surface area contributed by atoms with Gasteiger partial charge in [-0.2, -0.15) is 0 Å². The van der Waals surface area contributed by atoms with Gasteiger partial charge >= 0.3 is 0 Å². The maximum absolute atomic E-state index is 12.7. The molecule has 0 aromatic heterocycles. The van der Waals surface area contributed by atoms with E-state index < -0.39 is 0 Å². The minimum Gasteiger partial charge on any atom is -0.371 e. The highest BCUT2D eigenvalue weighted by atomic mass is 79.9. The highest BCUT2D eigenvalue weighted by molar-refractivity contribution is 9.10. The van der Waals surface area contributed by atoms with Gasteiger partial charge in [-0.15, -0.1) is 0 Å². The molecule has 6 heteroatoms. The first-order valence-corrected chi connectivity index (χ1v) is 11.4. The molecule has 1 saturated heterocycles. The summed E-state index contributed by atoms with van der Waals surface area (Å²) in [4.78, 5) is 27.4. The Morgan fingerprint density at radius 2 is 1.80 bits per heavy atom. The van der Waals surface area contributed by atoms with E-state index in [1.165, 1.54) is 0 Å². The topological polar surface area (TPSA) is 61.4 Å². The summed E-state index contributed by atoms with van der Waals surface area (Å²) in [6.45, 7) is 6.60. The van der Waals surface area contributed by atoms with Crippen LogP contribution in [-0.2, 0) is 0 Å². The summed E-state index contributed by atoms with van der Waals surface area (Å²) in [7, 11) is 0. The average molecular weight is 472 g/mol. The van der Waals surface area contributed by atoms with Crippen molar-refractivity contribution in [3.63, 3.8) is 0 Å². The van der Waals surface area contributed by atoms with E-state index in [-0.39, 0.29) is 17.9 Å². The predicted octanol–water partition coefficient (Wildman–Crippen LogP) is 4.62. The molecule has 0 bridgehead atoms. The number of halogens is 1. The van der Waals surface area contributed by atoms with Crippen molar-refractivity contribution in [1.82, 2.24) is 10.6 Å². The number of rotatable bonds is 7. The van der Waals surface area contributed by atoms with Crippen LogP contribution in [0.2, 0.25) is 0 Å². The van der Waals surface area contributed by atoms with Crippen LogP contribution in [0.3, 0.4) is 0 Å². The molecule has 2 N–H and O–H groups in total. The Hall–Kier alpha value is -2.34. The normalized spacial score (nSPS) is 14.6. The summed E-state index contributed by atoms with van der Waals surface area (Å²) in [5.41, 5.74) is 2.35. The second kappa shape index (κ2) is 10.6. The highest BCUT2D eigenvalue weighted by Crippen LogP contribution is 2.24. The molecule has 1 fully saturated rings. The van der Waals surface area contributed by atoms with Crippen LogP contribution in [0.4, 0.5) is 5.69 Å². The first-order valence-electron chi connectivity index (χ1n) is 10.6. The lowest BCUT2D eigenvalue weighted by molar-refractivity contribution is 0.0929. The minimum atomic E-state index is -0.0420. The maximum Gasteiger partial charge on any atom is 0.253 e. The number of benzene rings is 2. The second-order valence-electron chi connectivity index (χ2n) is 8.20. The Bertz CT molecular complexity index is 876. The van der Waals surface area contributed by atoms with Crippen LogP contribution >= 0.6 is 15.9 Å². The smallest absolute Gasteiger partial charge is 0.253 e. The Kier molecular flexibility index (Phi) is 7.91. The third kappa shape index (κ3) is 6.08. The molecule has 1 aliphatic heterocycles. The molecule has 2 amide bonds. The number of hydrogen-bond acceptors (Lipinski definition) is 3. The number of amides is 2. The van der Waals surface area contributed by atoms with Gasteiger partial charge in [0.15, 0.2) is 0 Å². The molecule has 1 aliphatic rings. The minimum absolute atomic E-state index is 0.0173. The van der Waals surface area contributed by atoms with Gasteiger partial charge in [0, 0.05) is 41.4 Å². The number of anilines is 1. The van der Waals surface area contributed by atoms with Gasteiger partial charge in [0.25, 0.3) is 11.8 Å². The van der Waals surface area contributed by atoms with Gasteiger partial charge < -0.3 is 15.5 Å². The fourth-order valence-electron chi connectivity index (χ4n) is 3.67. The third-order valence-corrected chi connectivity index (χ3v) is 5.91. The first-order chi connectivity index (χ1) is 14.4. The lowest BCUT2D eigenvalue weighted by Crippen LogP contribution is -2.45. The number of carbonyl (C=O) groups excluding carboxylic acids is 2. The van der Waals surface area contributed by atoms with Crippen molar-refractivity contribution in [2.75, 3.05) is 24.5 Å². The summed E-state index contributed by atoms with van der Waals surface area (Å²) in [6, 6.07) is 15.4. The maximum atomic E-state index is 12.7. The number of piperidine rings is 1. The molecule has 160 valence electrons. The van der Waals surface area contributed by atoms with Crippen molar-refractivity contribution in [2.45, 2.75) is 39.2 Å². The van der Waals surface area contributed by atoms with Crippen molar-refractivity contribution in [3.8, 4) is 0 Å². The van der Waals surface area contributed by atoms with Crippen LogP contribution in [0.15, 0.2) is 53.0 Å². The summed E-state index contributed by atoms with van der Waals surface area (Å²) < 4.78 is 0.897. The molecule has 0 radical (unpaired) electrons. The largest absolute Gasteiger partial charge is 0.371 e. The van der Waals surface area contributed by atoms with E-state index in [1.54, 1.807) is 0 Å². The summed E-state index contributed by atoms with van der Waals surface area (Å²) in [5.74, 6) is 0.503. The van der Waals surface area contributed by atoms with Gasteiger partial charge in [0.1, 0.15) is 0 Å². The van der Waals surface area contributed by atoms with E-state index in [9.17, 15) is 9.59 Å². The van der Waals surface area contributed by atoms with Gasteiger partial charge in [0.05, 0.1) is 5.56 Å². The number of hydrogen-bond donors (Lipinski definition) is 2. The molecular weight excluding hydrogens is 442 g/mol. The van der Waals surface area contributed by atoms with E-state index in [0.717, 1.165) is 48.1 Å². The highest BCUT2D eigenvalue weighted by Gasteiger charge is 2.24. The molecule has 30 heavy (non-hydrogen) atoms. The van der Waals surface area contributed by atoms with Crippen molar-refractivity contribution in [2.24, 2.45) is 5.92 Å². The number of nitrogens with zero attached hydrogens (tertiary/aromatic N) is 1. The molecule has 5 nitrogen and oxygen atoms in total. The molecule has 0 spiro atoms. The standard InChI is InChI=1S/C24H30BrN3O2/c1-17(2)10-13-26-24(30)21-8-3-4-9-22(21)28-14-11-20(12-15-28)27-23(29)18-6-5-7-19(25)16-18/h3-9,16-17,20H,10-15H2,1-2H3,(H,26,30)(H,27,29). The molecular formula is C24H30BrN3O2. The van der Waals surface area contributed by atoms with Crippen LogP contribution in [0, 0.1) is 5.92 Å². The second-order valence-corrected chi connectivity index (χ2v) is 9.12. The fourth-order valence-corrected chi connectivity index (χ4v) is 4.07. The Morgan fingerprint density at radius 3 is 2.50 bits per heavy atom. The van der Waals surface area contributed by atoms with Gasteiger partial charge in [-0.1, -0.05) is 48.0 Å². The monoisotopic (exact) mass is 471 g/mol. The predicted molar refractivity (Wildman–Crippen MR) is 125 cm³/mol. The number of nitrogens with one attached hydrogen (secondary N) is 2. The molecule has 1 heterocycles. The Balaban J connectivity index is 1.57. The van der Waals surface area contributed by atoms with Crippen LogP contribution in [0.1, 0.15) is 53.8 Å². The quantitative estimate of drug-likeness (QED) is 0.618. The molecule has 0 atom stereocenters. The molecule has 0 unspecified atom stereocenters. The Labute approximate surface area is 187 Å². The van der Waals surface area contributed by atoms with Crippen LogP contribution < -0.4 is 15.5 Å².